The Morgan fingerprint density at radius 1 is 1.31 bits per heavy atom. The minimum atomic E-state index is 0.622. The molecule has 1 aromatic heterocycles. The largest absolute Gasteiger partial charge is 0.330 e. The second-order valence-electron chi connectivity index (χ2n) is 3.66. The first kappa shape index (κ1) is 11.2. The topological polar surface area (TPSA) is 43.8 Å². The van der Waals surface area contributed by atoms with Crippen molar-refractivity contribution < 1.29 is 0 Å². The Balaban J connectivity index is 2.36. The molecule has 4 heteroatoms. The standard InChI is InChI=1S/C12H14ClN3/c1-9-15-11(6-7-14)8-16(9)12-4-2-10(13)3-5-12/h2-5,8H,6-7,14H2,1H3. The molecule has 2 aromatic rings. The Morgan fingerprint density at radius 2 is 2.00 bits per heavy atom. The van der Waals surface area contributed by atoms with Gasteiger partial charge in [-0.15, -0.1) is 0 Å². The average molecular weight is 236 g/mol. The van der Waals surface area contributed by atoms with Crippen molar-refractivity contribution in [1.82, 2.24) is 9.55 Å². The van der Waals surface area contributed by atoms with Gasteiger partial charge in [-0.25, -0.2) is 4.98 Å². The molecule has 16 heavy (non-hydrogen) atoms. The van der Waals surface area contributed by atoms with Gasteiger partial charge < -0.3 is 10.3 Å². The van der Waals surface area contributed by atoms with Crippen molar-refractivity contribution in [2.24, 2.45) is 5.73 Å². The van der Waals surface area contributed by atoms with E-state index in [0.29, 0.717) is 6.54 Å². The third-order valence-electron chi connectivity index (χ3n) is 2.44. The maximum absolute atomic E-state index is 5.85. The summed E-state index contributed by atoms with van der Waals surface area (Å²) < 4.78 is 2.04. The number of benzene rings is 1. The summed E-state index contributed by atoms with van der Waals surface area (Å²) in [5, 5.41) is 0.740. The second kappa shape index (κ2) is 4.68. The van der Waals surface area contributed by atoms with Crippen LogP contribution in [0.3, 0.4) is 0 Å². The molecule has 3 nitrogen and oxygen atoms in total. The number of aryl methyl sites for hydroxylation is 1. The van der Waals surface area contributed by atoms with Gasteiger partial charge in [0.1, 0.15) is 5.82 Å². The van der Waals surface area contributed by atoms with E-state index >= 15 is 0 Å². The van der Waals surface area contributed by atoms with Crippen molar-refractivity contribution in [3.05, 3.63) is 47.0 Å². The molecule has 1 aromatic carbocycles. The fourth-order valence-electron chi connectivity index (χ4n) is 1.66. The summed E-state index contributed by atoms with van der Waals surface area (Å²) in [6, 6.07) is 7.70. The van der Waals surface area contributed by atoms with E-state index in [1.165, 1.54) is 0 Å². The number of nitrogens with zero attached hydrogens (tertiary/aromatic N) is 2. The first-order valence-electron chi connectivity index (χ1n) is 5.21. The molecule has 0 unspecified atom stereocenters. The summed E-state index contributed by atoms with van der Waals surface area (Å²) in [4.78, 5) is 4.45. The van der Waals surface area contributed by atoms with Crippen molar-refractivity contribution in [2.75, 3.05) is 6.54 Å². The van der Waals surface area contributed by atoms with E-state index in [2.05, 4.69) is 4.98 Å². The molecule has 0 spiro atoms. The Bertz CT molecular complexity index is 474. The van der Waals surface area contributed by atoms with Crippen molar-refractivity contribution in [2.45, 2.75) is 13.3 Å². The maximum atomic E-state index is 5.85. The van der Waals surface area contributed by atoms with Crippen LogP contribution in [0.5, 0.6) is 0 Å². The highest BCUT2D eigenvalue weighted by atomic mass is 35.5. The highest BCUT2D eigenvalue weighted by Gasteiger charge is 2.04. The molecule has 0 saturated carbocycles. The van der Waals surface area contributed by atoms with Crippen LogP contribution in [0.2, 0.25) is 5.02 Å². The van der Waals surface area contributed by atoms with Crippen LogP contribution in [0.1, 0.15) is 11.5 Å². The van der Waals surface area contributed by atoms with Gasteiger partial charge >= 0.3 is 0 Å². The van der Waals surface area contributed by atoms with Gasteiger partial charge in [0.25, 0.3) is 0 Å². The van der Waals surface area contributed by atoms with Crippen LogP contribution in [-0.4, -0.2) is 16.1 Å². The SMILES string of the molecule is Cc1nc(CCN)cn1-c1ccc(Cl)cc1. The highest BCUT2D eigenvalue weighted by molar-refractivity contribution is 6.30. The van der Waals surface area contributed by atoms with Gasteiger partial charge in [-0.05, 0) is 37.7 Å². The second-order valence-corrected chi connectivity index (χ2v) is 4.10. The number of nitrogens with two attached hydrogens (primary N) is 1. The first-order chi connectivity index (χ1) is 7.70. The first-order valence-corrected chi connectivity index (χ1v) is 5.59. The molecule has 0 aliphatic heterocycles. The van der Waals surface area contributed by atoms with Crippen molar-refractivity contribution >= 4 is 11.6 Å². The van der Waals surface area contributed by atoms with E-state index in [-0.39, 0.29) is 0 Å². The van der Waals surface area contributed by atoms with Gasteiger partial charge in [0.15, 0.2) is 0 Å². The van der Waals surface area contributed by atoms with Gasteiger partial charge in [-0.2, -0.15) is 0 Å². The van der Waals surface area contributed by atoms with E-state index in [4.69, 9.17) is 17.3 Å². The molecular weight excluding hydrogens is 222 g/mol. The van der Waals surface area contributed by atoms with E-state index in [1.807, 2.05) is 42.0 Å². The summed E-state index contributed by atoms with van der Waals surface area (Å²) in [6.45, 7) is 2.60. The van der Waals surface area contributed by atoms with E-state index in [0.717, 1.165) is 28.6 Å². The molecule has 0 aliphatic carbocycles. The molecule has 0 bridgehead atoms. The lowest BCUT2D eigenvalue weighted by Gasteiger charge is -2.03. The Hall–Kier alpha value is -1.32. The lowest BCUT2D eigenvalue weighted by Crippen LogP contribution is -2.02. The average Bonchev–Trinajstić information content (AvgIpc) is 2.61. The Morgan fingerprint density at radius 3 is 2.62 bits per heavy atom. The lowest BCUT2D eigenvalue weighted by atomic mass is 10.3. The molecule has 0 saturated heterocycles. The van der Waals surface area contributed by atoms with Crippen molar-refractivity contribution in [3.8, 4) is 5.69 Å². The molecule has 2 N–H and O–H groups in total. The highest BCUT2D eigenvalue weighted by Crippen LogP contribution is 2.16. The summed E-state index contributed by atoms with van der Waals surface area (Å²) in [6.07, 6.45) is 2.83. The maximum Gasteiger partial charge on any atom is 0.110 e. The van der Waals surface area contributed by atoms with Gasteiger partial charge in [0.2, 0.25) is 0 Å². The zero-order chi connectivity index (χ0) is 11.5. The van der Waals surface area contributed by atoms with E-state index in [9.17, 15) is 0 Å². The molecule has 0 amide bonds. The van der Waals surface area contributed by atoms with Gasteiger partial charge in [0.05, 0.1) is 5.69 Å². The third-order valence-corrected chi connectivity index (χ3v) is 2.69. The zero-order valence-corrected chi connectivity index (χ0v) is 9.91. The Kier molecular flexibility index (Phi) is 3.27. The fraction of sp³-hybridized carbons (Fsp3) is 0.250. The molecular formula is C12H14ClN3. The van der Waals surface area contributed by atoms with Gasteiger partial charge in [0, 0.05) is 23.3 Å². The molecule has 1 heterocycles. The number of imidazole rings is 1. The summed E-state index contributed by atoms with van der Waals surface area (Å²) in [5.41, 5.74) is 7.60. The van der Waals surface area contributed by atoms with Crippen LogP contribution >= 0.6 is 11.6 Å². The number of aromatic nitrogens is 2. The number of rotatable bonds is 3. The molecule has 0 radical (unpaired) electrons. The molecule has 0 atom stereocenters. The van der Waals surface area contributed by atoms with Gasteiger partial charge in [-0.3, -0.25) is 0 Å². The predicted octanol–water partition coefficient (Wildman–Crippen LogP) is 2.34. The number of halogens is 1. The molecule has 0 fully saturated rings. The van der Waals surface area contributed by atoms with Crippen LogP contribution in [0.4, 0.5) is 0 Å². The van der Waals surface area contributed by atoms with Crippen LogP contribution in [0, 0.1) is 6.92 Å². The van der Waals surface area contributed by atoms with Gasteiger partial charge in [-0.1, -0.05) is 11.6 Å². The van der Waals surface area contributed by atoms with Crippen LogP contribution in [0.25, 0.3) is 5.69 Å². The van der Waals surface area contributed by atoms with Crippen LogP contribution in [-0.2, 0) is 6.42 Å². The van der Waals surface area contributed by atoms with Crippen molar-refractivity contribution in [3.63, 3.8) is 0 Å². The molecule has 0 aliphatic rings. The number of hydrogen-bond acceptors (Lipinski definition) is 2. The van der Waals surface area contributed by atoms with Crippen molar-refractivity contribution in [1.29, 1.82) is 0 Å². The monoisotopic (exact) mass is 235 g/mol. The quantitative estimate of drug-likeness (QED) is 0.888. The van der Waals surface area contributed by atoms with Crippen LogP contribution in [0.15, 0.2) is 30.5 Å². The normalized spacial score (nSPS) is 10.7. The fourth-order valence-corrected chi connectivity index (χ4v) is 1.79. The summed E-state index contributed by atoms with van der Waals surface area (Å²) in [5.74, 6) is 0.964. The third kappa shape index (κ3) is 2.26. The minimum absolute atomic E-state index is 0.622. The van der Waals surface area contributed by atoms with E-state index in [1.54, 1.807) is 0 Å². The predicted molar refractivity (Wildman–Crippen MR) is 66.1 cm³/mol. The summed E-state index contributed by atoms with van der Waals surface area (Å²) in [7, 11) is 0. The molecule has 2 rings (SSSR count). The van der Waals surface area contributed by atoms with Crippen LogP contribution < -0.4 is 5.73 Å². The lowest BCUT2D eigenvalue weighted by molar-refractivity contribution is 0.928. The molecule has 84 valence electrons. The Labute approximate surface area is 99.9 Å². The zero-order valence-electron chi connectivity index (χ0n) is 9.15. The smallest absolute Gasteiger partial charge is 0.110 e. The van der Waals surface area contributed by atoms with E-state index < -0.39 is 0 Å². The summed E-state index contributed by atoms with van der Waals surface area (Å²) >= 11 is 5.85. The number of hydrogen-bond donors (Lipinski definition) is 1. The minimum Gasteiger partial charge on any atom is -0.330 e.